The van der Waals surface area contributed by atoms with Gasteiger partial charge in [-0.05, 0) is 19.1 Å². The van der Waals surface area contributed by atoms with Gasteiger partial charge in [0.2, 0.25) is 5.91 Å². The number of hydrogen-bond acceptors (Lipinski definition) is 4. The smallest absolute Gasteiger partial charge is 0.316 e. The van der Waals surface area contributed by atoms with E-state index in [9.17, 15) is 14.4 Å². The fraction of sp³-hybridized carbons (Fsp3) is 0.438. The number of hydrogen-bond donors (Lipinski definition) is 2. The number of carbonyl (C=O) groups excluding carboxylic acids is 2. The van der Waals surface area contributed by atoms with E-state index in [1.54, 1.807) is 52.2 Å². The quantitative estimate of drug-likeness (QED) is 0.739. The Morgan fingerprint density at radius 3 is 2.43 bits per heavy atom. The zero-order valence-electron chi connectivity index (χ0n) is 13.7. The number of thioether (sulfide) groups is 1. The van der Waals surface area contributed by atoms with Crippen molar-refractivity contribution in [3.05, 3.63) is 29.8 Å². The highest BCUT2D eigenvalue weighted by Gasteiger charge is 2.22. The number of carboxylic acids is 1. The van der Waals surface area contributed by atoms with Crippen molar-refractivity contribution in [1.29, 1.82) is 0 Å². The lowest BCUT2D eigenvalue weighted by Crippen LogP contribution is -2.37. The summed E-state index contributed by atoms with van der Waals surface area (Å²) >= 11 is 1.13. The maximum Gasteiger partial charge on any atom is 0.316 e. The monoisotopic (exact) mass is 338 g/mol. The summed E-state index contributed by atoms with van der Waals surface area (Å²) < 4.78 is 0. The van der Waals surface area contributed by atoms with Crippen LogP contribution in [0, 0.1) is 5.92 Å². The summed E-state index contributed by atoms with van der Waals surface area (Å²) in [7, 11) is 3.18. The van der Waals surface area contributed by atoms with Gasteiger partial charge < -0.3 is 15.3 Å². The second-order valence-electron chi connectivity index (χ2n) is 5.30. The molecule has 0 bridgehead atoms. The molecular formula is C16H22N2O4S. The average Bonchev–Trinajstić information content (AvgIpc) is 2.53. The van der Waals surface area contributed by atoms with E-state index in [1.807, 2.05) is 0 Å². The van der Waals surface area contributed by atoms with Crippen molar-refractivity contribution in [3.8, 4) is 0 Å². The minimum Gasteiger partial charge on any atom is -0.480 e. The zero-order valence-corrected chi connectivity index (χ0v) is 14.5. The van der Waals surface area contributed by atoms with Crippen LogP contribution in [0.5, 0.6) is 0 Å². The third-order valence-electron chi connectivity index (χ3n) is 3.36. The fourth-order valence-electron chi connectivity index (χ4n) is 2.02. The number of benzene rings is 1. The first kappa shape index (κ1) is 19.0. The second-order valence-corrected chi connectivity index (χ2v) is 6.68. The molecule has 7 heteroatoms. The molecule has 0 radical (unpaired) electrons. The molecule has 6 nitrogen and oxygen atoms in total. The van der Waals surface area contributed by atoms with Crippen molar-refractivity contribution in [3.63, 3.8) is 0 Å². The Bertz CT molecular complexity index is 591. The highest BCUT2D eigenvalue weighted by Crippen LogP contribution is 2.27. The van der Waals surface area contributed by atoms with Crippen molar-refractivity contribution < 1.29 is 19.5 Å². The predicted molar refractivity (Wildman–Crippen MR) is 89.6 cm³/mol. The third-order valence-corrected chi connectivity index (χ3v) is 4.52. The van der Waals surface area contributed by atoms with Gasteiger partial charge in [0, 0.05) is 25.5 Å². The van der Waals surface area contributed by atoms with Gasteiger partial charge >= 0.3 is 5.97 Å². The summed E-state index contributed by atoms with van der Waals surface area (Å²) in [5.74, 6) is -1.63. The largest absolute Gasteiger partial charge is 0.480 e. The number of nitrogens with one attached hydrogen (secondary N) is 1. The molecule has 0 heterocycles. The standard InChI is InChI=1S/C16H22N2O4S/c1-10(14(19)17-3)9-18(4)15(20)12-7-5-6-8-13(12)23-11(2)16(21)22/h5-8,10-11H,9H2,1-4H3,(H,17,19)(H,21,22). The SMILES string of the molecule is CNC(=O)C(C)CN(C)C(=O)c1ccccc1SC(C)C(=O)O. The number of carboxylic acid groups (broad SMARTS) is 1. The average molecular weight is 338 g/mol. The number of amides is 2. The first-order valence-corrected chi connectivity index (χ1v) is 8.11. The topological polar surface area (TPSA) is 86.7 Å². The van der Waals surface area contributed by atoms with Crippen molar-refractivity contribution in [1.82, 2.24) is 10.2 Å². The minimum absolute atomic E-state index is 0.133. The van der Waals surface area contributed by atoms with E-state index in [0.717, 1.165) is 11.8 Å². The van der Waals surface area contributed by atoms with Crippen LogP contribution in [0.15, 0.2) is 29.2 Å². The number of nitrogens with zero attached hydrogens (tertiary/aromatic N) is 1. The molecule has 0 spiro atoms. The van der Waals surface area contributed by atoms with E-state index in [4.69, 9.17) is 5.11 Å². The maximum absolute atomic E-state index is 12.6. The summed E-state index contributed by atoms with van der Waals surface area (Å²) in [4.78, 5) is 37.3. The van der Waals surface area contributed by atoms with Crippen LogP contribution >= 0.6 is 11.8 Å². The van der Waals surface area contributed by atoms with Crippen LogP contribution in [-0.4, -0.2) is 53.7 Å². The molecule has 1 aromatic rings. The highest BCUT2D eigenvalue weighted by atomic mass is 32.2. The molecule has 1 aromatic carbocycles. The van der Waals surface area contributed by atoms with Gasteiger partial charge in [0.1, 0.15) is 5.25 Å². The molecule has 0 aliphatic rings. The fourth-order valence-corrected chi connectivity index (χ4v) is 2.94. The van der Waals surface area contributed by atoms with Gasteiger partial charge in [0.25, 0.3) is 5.91 Å². The normalized spacial score (nSPS) is 13.0. The molecule has 0 saturated carbocycles. The van der Waals surface area contributed by atoms with Crippen LogP contribution in [0.3, 0.4) is 0 Å². The van der Waals surface area contributed by atoms with Crippen LogP contribution in [0.1, 0.15) is 24.2 Å². The van der Waals surface area contributed by atoms with Crippen LogP contribution in [0.2, 0.25) is 0 Å². The Kier molecular flexibility index (Phi) is 7.09. The van der Waals surface area contributed by atoms with Crippen molar-refractivity contribution >= 4 is 29.5 Å². The van der Waals surface area contributed by atoms with Crippen molar-refractivity contribution in [2.24, 2.45) is 5.92 Å². The Labute approximate surface area is 140 Å². The summed E-state index contributed by atoms with van der Waals surface area (Å²) in [5.41, 5.74) is 0.442. The van der Waals surface area contributed by atoms with E-state index in [2.05, 4.69) is 5.32 Å². The minimum atomic E-state index is -0.932. The molecule has 2 unspecified atom stereocenters. The molecule has 2 N–H and O–H groups in total. The van der Waals surface area contributed by atoms with E-state index < -0.39 is 11.2 Å². The number of carbonyl (C=O) groups is 3. The highest BCUT2D eigenvalue weighted by molar-refractivity contribution is 8.00. The van der Waals surface area contributed by atoms with E-state index >= 15 is 0 Å². The Morgan fingerprint density at radius 2 is 1.87 bits per heavy atom. The van der Waals surface area contributed by atoms with Gasteiger partial charge in [-0.3, -0.25) is 14.4 Å². The first-order chi connectivity index (χ1) is 10.8. The van der Waals surface area contributed by atoms with Crippen LogP contribution in [-0.2, 0) is 9.59 Å². The summed E-state index contributed by atoms with van der Waals surface area (Å²) in [5, 5.41) is 10.9. The first-order valence-electron chi connectivity index (χ1n) is 7.23. The molecule has 2 amide bonds. The third kappa shape index (κ3) is 5.28. The van der Waals surface area contributed by atoms with Crippen LogP contribution in [0.4, 0.5) is 0 Å². The molecule has 0 saturated heterocycles. The van der Waals surface area contributed by atoms with Crippen molar-refractivity contribution in [2.45, 2.75) is 24.0 Å². The molecule has 126 valence electrons. The summed E-state index contributed by atoms with van der Waals surface area (Å²) in [6.07, 6.45) is 0. The molecule has 0 aliphatic heterocycles. The Hall–Kier alpha value is -2.02. The van der Waals surface area contributed by atoms with Gasteiger partial charge in [0.15, 0.2) is 0 Å². The molecule has 0 fully saturated rings. The Morgan fingerprint density at radius 1 is 1.26 bits per heavy atom. The molecule has 1 rings (SSSR count). The van der Waals surface area contributed by atoms with E-state index in [1.165, 1.54) is 4.90 Å². The van der Waals surface area contributed by atoms with Gasteiger partial charge in [-0.25, -0.2) is 0 Å². The second kappa shape index (κ2) is 8.57. The van der Waals surface area contributed by atoms with Crippen LogP contribution in [0.25, 0.3) is 0 Å². The van der Waals surface area contributed by atoms with Crippen molar-refractivity contribution in [2.75, 3.05) is 20.6 Å². The predicted octanol–water partition coefficient (Wildman–Crippen LogP) is 1.71. The van der Waals surface area contributed by atoms with Gasteiger partial charge in [-0.2, -0.15) is 0 Å². The molecule has 0 aliphatic carbocycles. The molecule has 23 heavy (non-hydrogen) atoms. The molecule has 2 atom stereocenters. The molecular weight excluding hydrogens is 316 g/mol. The lowest BCUT2D eigenvalue weighted by Gasteiger charge is -2.22. The summed E-state index contributed by atoms with van der Waals surface area (Å²) in [6.45, 7) is 3.60. The van der Waals surface area contributed by atoms with E-state index in [-0.39, 0.29) is 24.3 Å². The number of rotatable bonds is 7. The van der Waals surface area contributed by atoms with Crippen LogP contribution < -0.4 is 5.32 Å². The lowest BCUT2D eigenvalue weighted by molar-refractivity contribution is -0.136. The van der Waals surface area contributed by atoms with Gasteiger partial charge in [0.05, 0.1) is 11.5 Å². The maximum atomic E-state index is 12.6. The molecule has 0 aromatic heterocycles. The zero-order chi connectivity index (χ0) is 17.6. The van der Waals surface area contributed by atoms with E-state index in [0.29, 0.717) is 10.5 Å². The summed E-state index contributed by atoms with van der Waals surface area (Å²) in [6, 6.07) is 6.90. The van der Waals surface area contributed by atoms with Gasteiger partial charge in [-0.1, -0.05) is 19.1 Å². The van der Waals surface area contributed by atoms with Gasteiger partial charge in [-0.15, -0.1) is 11.8 Å². The Balaban J connectivity index is 2.91. The number of aliphatic carboxylic acids is 1. The lowest BCUT2D eigenvalue weighted by atomic mass is 10.1.